The lowest BCUT2D eigenvalue weighted by atomic mass is 10.1. The number of hydrogen-bond donors (Lipinski definition) is 2. The van der Waals surface area contributed by atoms with Gasteiger partial charge >= 0.3 is 5.97 Å². The normalized spacial score (nSPS) is 10.5. The zero-order valence-electron chi connectivity index (χ0n) is 10.8. The van der Waals surface area contributed by atoms with Gasteiger partial charge in [0, 0.05) is 11.6 Å². The number of rotatable bonds is 5. The van der Waals surface area contributed by atoms with Crippen LogP contribution >= 0.6 is 0 Å². The van der Waals surface area contributed by atoms with Gasteiger partial charge in [0.2, 0.25) is 0 Å². The molecule has 0 saturated heterocycles. The predicted octanol–water partition coefficient (Wildman–Crippen LogP) is 0.940. The molecule has 0 atom stereocenters. The maximum Gasteiger partial charge on any atom is 0.337 e. The van der Waals surface area contributed by atoms with E-state index in [1.807, 2.05) is 0 Å². The van der Waals surface area contributed by atoms with Crippen molar-refractivity contribution in [1.82, 2.24) is 9.97 Å². The van der Waals surface area contributed by atoms with E-state index in [2.05, 4.69) is 9.97 Å². The summed E-state index contributed by atoms with van der Waals surface area (Å²) in [4.78, 5) is 39.3. The summed E-state index contributed by atoms with van der Waals surface area (Å²) in [6.45, 7) is 0. The third-order valence-corrected chi connectivity index (χ3v) is 2.53. The van der Waals surface area contributed by atoms with Crippen molar-refractivity contribution in [3.63, 3.8) is 0 Å². The van der Waals surface area contributed by atoms with Crippen molar-refractivity contribution in [3.05, 3.63) is 53.5 Å². The van der Waals surface area contributed by atoms with E-state index < -0.39 is 11.9 Å². The van der Waals surface area contributed by atoms with Crippen LogP contribution in [-0.4, -0.2) is 28.1 Å². The topological polar surface area (TPSA) is 115 Å². The minimum atomic E-state index is -0.774. The van der Waals surface area contributed by atoms with Crippen LogP contribution in [0.1, 0.15) is 26.4 Å². The van der Waals surface area contributed by atoms with Crippen LogP contribution in [-0.2, 0) is 4.79 Å². The lowest BCUT2D eigenvalue weighted by Gasteiger charge is -1.98. The first-order chi connectivity index (χ1) is 10.1. The van der Waals surface area contributed by atoms with Gasteiger partial charge in [-0.3, -0.25) is 9.59 Å². The van der Waals surface area contributed by atoms with E-state index in [9.17, 15) is 14.4 Å². The van der Waals surface area contributed by atoms with Crippen LogP contribution in [0.25, 0.3) is 6.08 Å². The number of esters is 1. The molecule has 1 amide bonds. The zero-order chi connectivity index (χ0) is 15.2. The van der Waals surface area contributed by atoms with Crippen LogP contribution in [0.3, 0.4) is 0 Å². The summed E-state index contributed by atoms with van der Waals surface area (Å²) in [5.74, 6) is -1.65. The Morgan fingerprint density at radius 1 is 1.19 bits per heavy atom. The molecule has 0 aliphatic carbocycles. The molecule has 0 unspecified atom stereocenters. The third kappa shape index (κ3) is 3.63. The largest absolute Gasteiger partial charge is 0.402 e. The molecule has 0 bridgehead atoms. The van der Waals surface area contributed by atoms with E-state index in [1.54, 1.807) is 24.3 Å². The standard InChI is InChI=1S/C14H11N3O4/c15-13(20)12-14(17-8-16-12)21-11(19)6-5-9-1-3-10(7-18)4-2-9/h1-8H,(H2,15,20)(H,16,17). The Morgan fingerprint density at radius 3 is 2.48 bits per heavy atom. The maximum absolute atomic E-state index is 11.6. The minimum Gasteiger partial charge on any atom is -0.402 e. The van der Waals surface area contributed by atoms with Gasteiger partial charge in [0.1, 0.15) is 6.29 Å². The second-order valence-electron chi connectivity index (χ2n) is 3.99. The molecule has 1 aromatic carbocycles. The molecule has 1 aromatic heterocycles. The minimum absolute atomic E-state index is 0.0768. The molecule has 2 rings (SSSR count). The number of primary amides is 1. The zero-order valence-corrected chi connectivity index (χ0v) is 10.8. The van der Waals surface area contributed by atoms with Gasteiger partial charge in [-0.2, -0.15) is 0 Å². The number of benzene rings is 1. The molecule has 0 saturated carbocycles. The van der Waals surface area contributed by atoms with Gasteiger partial charge in [0.25, 0.3) is 11.8 Å². The summed E-state index contributed by atoms with van der Waals surface area (Å²) in [5.41, 5.74) is 6.26. The second kappa shape index (κ2) is 6.29. The van der Waals surface area contributed by atoms with Crippen molar-refractivity contribution in [2.45, 2.75) is 0 Å². The van der Waals surface area contributed by atoms with E-state index in [1.165, 1.54) is 18.5 Å². The number of carbonyl (C=O) groups excluding carboxylic acids is 3. The maximum atomic E-state index is 11.6. The summed E-state index contributed by atoms with van der Waals surface area (Å²) in [7, 11) is 0. The number of imidazole rings is 1. The molecule has 0 spiro atoms. The summed E-state index contributed by atoms with van der Waals surface area (Å²) < 4.78 is 4.89. The summed E-state index contributed by atoms with van der Waals surface area (Å²) in [6.07, 6.45) is 4.61. The number of carbonyl (C=O) groups is 3. The van der Waals surface area contributed by atoms with Crippen molar-refractivity contribution >= 4 is 24.2 Å². The highest BCUT2D eigenvalue weighted by Gasteiger charge is 2.14. The first-order valence-electron chi connectivity index (χ1n) is 5.88. The summed E-state index contributed by atoms with van der Waals surface area (Å²) >= 11 is 0. The lowest BCUT2D eigenvalue weighted by molar-refractivity contribution is -0.129. The Balaban J connectivity index is 2.03. The monoisotopic (exact) mass is 285 g/mol. The molecule has 7 heteroatoms. The van der Waals surface area contributed by atoms with Crippen molar-refractivity contribution in [3.8, 4) is 5.88 Å². The van der Waals surface area contributed by atoms with Crippen molar-refractivity contribution in [1.29, 1.82) is 0 Å². The lowest BCUT2D eigenvalue weighted by Crippen LogP contribution is -2.14. The molecule has 21 heavy (non-hydrogen) atoms. The fourth-order valence-corrected chi connectivity index (χ4v) is 1.51. The molecular weight excluding hydrogens is 274 g/mol. The molecule has 0 aliphatic heterocycles. The van der Waals surface area contributed by atoms with Gasteiger partial charge in [-0.15, -0.1) is 0 Å². The second-order valence-corrected chi connectivity index (χ2v) is 3.99. The van der Waals surface area contributed by atoms with Gasteiger partial charge in [0.05, 0.1) is 6.33 Å². The van der Waals surface area contributed by atoms with Crippen molar-refractivity contribution < 1.29 is 19.1 Å². The first-order valence-corrected chi connectivity index (χ1v) is 5.88. The molecule has 0 aliphatic rings. The van der Waals surface area contributed by atoms with E-state index in [0.717, 1.165) is 11.8 Å². The molecule has 0 radical (unpaired) electrons. The Labute approximate surface area is 119 Å². The third-order valence-electron chi connectivity index (χ3n) is 2.53. The number of aromatic amines is 1. The van der Waals surface area contributed by atoms with Gasteiger partial charge in [-0.25, -0.2) is 9.78 Å². The first kappa shape index (κ1) is 14.2. The highest BCUT2D eigenvalue weighted by atomic mass is 16.5. The fraction of sp³-hybridized carbons (Fsp3) is 0. The number of aldehydes is 1. The number of ether oxygens (including phenoxy) is 1. The van der Waals surface area contributed by atoms with E-state index >= 15 is 0 Å². The summed E-state index contributed by atoms with van der Waals surface area (Å²) in [5, 5.41) is 0. The molecule has 2 aromatic rings. The molecule has 0 fully saturated rings. The average Bonchev–Trinajstić information content (AvgIpc) is 2.94. The Bertz CT molecular complexity index is 701. The number of nitrogens with one attached hydrogen (secondary N) is 1. The molecular formula is C14H11N3O4. The van der Waals surface area contributed by atoms with E-state index in [4.69, 9.17) is 10.5 Å². The Hall–Kier alpha value is -3.22. The summed E-state index contributed by atoms with van der Waals surface area (Å²) in [6, 6.07) is 6.60. The van der Waals surface area contributed by atoms with Gasteiger partial charge in [-0.1, -0.05) is 24.3 Å². The van der Waals surface area contributed by atoms with Crippen molar-refractivity contribution in [2.24, 2.45) is 5.73 Å². The molecule has 7 nitrogen and oxygen atoms in total. The number of amides is 1. The highest BCUT2D eigenvalue weighted by molar-refractivity contribution is 5.95. The molecule has 3 N–H and O–H groups in total. The van der Waals surface area contributed by atoms with E-state index in [0.29, 0.717) is 5.56 Å². The van der Waals surface area contributed by atoms with Crippen LogP contribution < -0.4 is 10.5 Å². The van der Waals surface area contributed by atoms with Crippen molar-refractivity contribution in [2.75, 3.05) is 0 Å². The molecule has 106 valence electrons. The SMILES string of the molecule is NC(=O)c1[nH]cnc1OC(=O)C=Cc1ccc(C=O)cc1. The van der Waals surface area contributed by atoms with Crippen LogP contribution in [0.2, 0.25) is 0 Å². The quantitative estimate of drug-likeness (QED) is 0.482. The highest BCUT2D eigenvalue weighted by Crippen LogP contribution is 2.12. The Kier molecular flexibility index (Phi) is 4.25. The number of H-pyrrole nitrogens is 1. The van der Waals surface area contributed by atoms with E-state index in [-0.39, 0.29) is 11.6 Å². The van der Waals surface area contributed by atoms with Crippen LogP contribution in [0, 0.1) is 0 Å². The number of nitrogens with two attached hydrogens (primary N) is 1. The number of nitrogens with zero attached hydrogens (tertiary/aromatic N) is 1. The Morgan fingerprint density at radius 2 is 1.86 bits per heavy atom. The predicted molar refractivity (Wildman–Crippen MR) is 73.6 cm³/mol. The average molecular weight is 285 g/mol. The van der Waals surface area contributed by atoms with Gasteiger partial charge < -0.3 is 15.5 Å². The van der Waals surface area contributed by atoms with Crippen LogP contribution in [0.4, 0.5) is 0 Å². The smallest absolute Gasteiger partial charge is 0.337 e. The van der Waals surface area contributed by atoms with Crippen LogP contribution in [0.5, 0.6) is 5.88 Å². The number of hydrogen-bond acceptors (Lipinski definition) is 5. The fourth-order valence-electron chi connectivity index (χ4n) is 1.51. The number of aromatic nitrogens is 2. The van der Waals surface area contributed by atoms with Gasteiger partial charge in [-0.05, 0) is 11.6 Å². The van der Waals surface area contributed by atoms with Crippen LogP contribution in [0.15, 0.2) is 36.7 Å². The van der Waals surface area contributed by atoms with Gasteiger partial charge in [0.15, 0.2) is 5.69 Å². The molecule has 1 heterocycles.